The Hall–Kier alpha value is -1.49. The summed E-state index contributed by atoms with van der Waals surface area (Å²) in [6.45, 7) is 0.742. The minimum Gasteiger partial charge on any atom is -0.375 e. The van der Waals surface area contributed by atoms with E-state index >= 15 is 0 Å². The van der Waals surface area contributed by atoms with Crippen molar-refractivity contribution >= 4 is 10.0 Å². The van der Waals surface area contributed by atoms with Crippen LogP contribution < -0.4 is 0 Å². The molecule has 112 valence electrons. The van der Waals surface area contributed by atoms with Crippen LogP contribution in [0.15, 0.2) is 23.2 Å². The molecule has 7 heteroatoms. The SMILES string of the molecule is N#Cc1ncccc1S(=O)(=O)N1CCO[C@H]2CCCC[C@H]21. The number of sulfonamides is 1. The van der Waals surface area contributed by atoms with Crippen LogP contribution in [0.4, 0.5) is 0 Å². The average molecular weight is 307 g/mol. The molecule has 0 bridgehead atoms. The van der Waals surface area contributed by atoms with Crippen LogP contribution in [-0.2, 0) is 14.8 Å². The summed E-state index contributed by atoms with van der Waals surface area (Å²) in [7, 11) is -3.71. The van der Waals surface area contributed by atoms with Crippen LogP contribution in [-0.4, -0.2) is 43.0 Å². The first-order valence-corrected chi connectivity index (χ1v) is 8.57. The Morgan fingerprint density at radius 2 is 2.19 bits per heavy atom. The van der Waals surface area contributed by atoms with Gasteiger partial charge in [0.15, 0.2) is 5.69 Å². The molecule has 3 rings (SSSR count). The molecule has 0 aromatic carbocycles. The second-order valence-electron chi connectivity index (χ2n) is 5.34. The maximum Gasteiger partial charge on any atom is 0.246 e. The number of pyridine rings is 1. The van der Waals surface area contributed by atoms with Gasteiger partial charge in [0.2, 0.25) is 10.0 Å². The smallest absolute Gasteiger partial charge is 0.246 e. The molecule has 1 aromatic rings. The minimum atomic E-state index is -3.71. The van der Waals surface area contributed by atoms with Gasteiger partial charge in [0.05, 0.1) is 18.8 Å². The fourth-order valence-corrected chi connectivity index (χ4v) is 4.93. The molecular weight excluding hydrogens is 290 g/mol. The van der Waals surface area contributed by atoms with Crippen LogP contribution in [0.3, 0.4) is 0 Å². The van der Waals surface area contributed by atoms with Crippen molar-refractivity contribution in [2.24, 2.45) is 0 Å². The quantitative estimate of drug-likeness (QED) is 0.822. The fraction of sp³-hybridized carbons (Fsp3) is 0.571. The van der Waals surface area contributed by atoms with Gasteiger partial charge in [-0.25, -0.2) is 13.4 Å². The van der Waals surface area contributed by atoms with Crippen molar-refractivity contribution in [3.05, 3.63) is 24.0 Å². The third kappa shape index (κ3) is 2.55. The Morgan fingerprint density at radius 1 is 1.38 bits per heavy atom. The Morgan fingerprint density at radius 3 is 3.00 bits per heavy atom. The van der Waals surface area contributed by atoms with Gasteiger partial charge in [-0.15, -0.1) is 0 Å². The van der Waals surface area contributed by atoms with Gasteiger partial charge in [0.1, 0.15) is 11.0 Å². The van der Waals surface area contributed by atoms with Crippen molar-refractivity contribution in [3.63, 3.8) is 0 Å². The molecule has 1 aliphatic heterocycles. The molecule has 0 amide bonds. The topological polar surface area (TPSA) is 83.3 Å². The summed E-state index contributed by atoms with van der Waals surface area (Å²) in [6.07, 6.45) is 5.20. The lowest BCUT2D eigenvalue weighted by Crippen LogP contribution is -2.54. The molecule has 1 aromatic heterocycles. The third-order valence-corrected chi connectivity index (χ3v) is 6.10. The molecule has 2 aliphatic rings. The van der Waals surface area contributed by atoms with Gasteiger partial charge in [-0.1, -0.05) is 12.8 Å². The van der Waals surface area contributed by atoms with Crippen LogP contribution in [0.5, 0.6) is 0 Å². The molecule has 1 saturated carbocycles. The van der Waals surface area contributed by atoms with E-state index in [4.69, 9.17) is 10.00 Å². The van der Waals surface area contributed by atoms with E-state index in [0.717, 1.165) is 25.7 Å². The molecule has 1 saturated heterocycles. The van der Waals surface area contributed by atoms with Crippen molar-refractivity contribution < 1.29 is 13.2 Å². The highest BCUT2D eigenvalue weighted by Crippen LogP contribution is 2.32. The molecule has 2 atom stereocenters. The molecule has 0 radical (unpaired) electrons. The summed E-state index contributed by atoms with van der Waals surface area (Å²) in [4.78, 5) is 3.86. The Bertz CT molecular complexity index is 666. The van der Waals surface area contributed by atoms with E-state index in [1.807, 2.05) is 6.07 Å². The number of ether oxygens (including phenoxy) is 1. The van der Waals surface area contributed by atoms with E-state index in [9.17, 15) is 8.42 Å². The Labute approximate surface area is 124 Å². The standard InChI is InChI=1S/C14H17N3O3S/c15-10-11-14(6-3-7-16-11)21(18,19)17-8-9-20-13-5-2-1-4-12(13)17/h3,6-7,12-13H,1-2,4-5,8-9H2/t12-,13+/m1/s1. The number of aromatic nitrogens is 1. The van der Waals surface area contributed by atoms with E-state index in [1.165, 1.54) is 16.6 Å². The number of hydrogen-bond donors (Lipinski definition) is 0. The maximum absolute atomic E-state index is 12.9. The van der Waals surface area contributed by atoms with Crippen molar-refractivity contribution in [1.29, 1.82) is 5.26 Å². The van der Waals surface area contributed by atoms with Crippen molar-refractivity contribution in [2.45, 2.75) is 42.7 Å². The second-order valence-corrected chi connectivity index (χ2v) is 7.20. The van der Waals surface area contributed by atoms with E-state index in [1.54, 1.807) is 6.07 Å². The second kappa shape index (κ2) is 5.72. The summed E-state index contributed by atoms with van der Waals surface area (Å²) in [5, 5.41) is 9.09. The zero-order valence-electron chi connectivity index (χ0n) is 11.6. The largest absolute Gasteiger partial charge is 0.375 e. The first-order valence-electron chi connectivity index (χ1n) is 7.13. The van der Waals surface area contributed by atoms with E-state index in [-0.39, 0.29) is 22.7 Å². The van der Waals surface area contributed by atoms with Gasteiger partial charge < -0.3 is 4.74 Å². The number of morpholine rings is 1. The highest BCUT2D eigenvalue weighted by atomic mass is 32.2. The highest BCUT2D eigenvalue weighted by molar-refractivity contribution is 7.89. The summed E-state index contributed by atoms with van der Waals surface area (Å²) in [5.41, 5.74) is -0.0450. The third-order valence-electron chi connectivity index (χ3n) is 4.14. The maximum atomic E-state index is 12.9. The van der Waals surface area contributed by atoms with Gasteiger partial charge in [-0.2, -0.15) is 9.57 Å². The summed E-state index contributed by atoms with van der Waals surface area (Å²) >= 11 is 0. The molecule has 0 spiro atoms. The lowest BCUT2D eigenvalue weighted by molar-refractivity contribution is -0.0586. The van der Waals surface area contributed by atoms with Crippen LogP contribution in [0, 0.1) is 11.3 Å². The van der Waals surface area contributed by atoms with Crippen LogP contribution in [0.25, 0.3) is 0 Å². The summed E-state index contributed by atoms with van der Waals surface area (Å²) < 4.78 is 33.0. The fourth-order valence-electron chi connectivity index (χ4n) is 3.17. The van der Waals surface area contributed by atoms with Gasteiger partial charge >= 0.3 is 0 Å². The van der Waals surface area contributed by atoms with Crippen molar-refractivity contribution in [2.75, 3.05) is 13.2 Å². The van der Waals surface area contributed by atoms with Gasteiger partial charge in [-0.05, 0) is 25.0 Å². The zero-order chi connectivity index (χ0) is 14.9. The molecule has 6 nitrogen and oxygen atoms in total. The van der Waals surface area contributed by atoms with Gasteiger partial charge in [-0.3, -0.25) is 0 Å². The van der Waals surface area contributed by atoms with Crippen molar-refractivity contribution in [1.82, 2.24) is 9.29 Å². The Balaban J connectivity index is 1.99. The van der Waals surface area contributed by atoms with Gasteiger partial charge in [0, 0.05) is 12.7 Å². The number of hydrogen-bond acceptors (Lipinski definition) is 5. The molecule has 2 heterocycles. The molecule has 2 fully saturated rings. The minimum absolute atomic E-state index is 0.00118. The molecule has 1 aliphatic carbocycles. The van der Waals surface area contributed by atoms with Crippen LogP contribution in [0.1, 0.15) is 31.4 Å². The molecule has 0 unspecified atom stereocenters. The number of nitrogens with zero attached hydrogens (tertiary/aromatic N) is 3. The number of nitriles is 1. The average Bonchev–Trinajstić information content (AvgIpc) is 2.54. The molecular formula is C14H17N3O3S. The van der Waals surface area contributed by atoms with Gasteiger partial charge in [0.25, 0.3) is 0 Å². The molecule has 0 N–H and O–H groups in total. The highest BCUT2D eigenvalue weighted by Gasteiger charge is 2.41. The zero-order valence-corrected chi connectivity index (χ0v) is 12.4. The predicted octanol–water partition coefficient (Wildman–Crippen LogP) is 1.29. The van der Waals surface area contributed by atoms with E-state index in [2.05, 4.69) is 4.98 Å². The van der Waals surface area contributed by atoms with Crippen LogP contribution >= 0.6 is 0 Å². The van der Waals surface area contributed by atoms with Crippen molar-refractivity contribution in [3.8, 4) is 6.07 Å². The number of rotatable bonds is 2. The van der Waals surface area contributed by atoms with Crippen LogP contribution in [0.2, 0.25) is 0 Å². The Kier molecular flexibility index (Phi) is 3.93. The molecule has 21 heavy (non-hydrogen) atoms. The normalized spacial score (nSPS) is 26.8. The number of fused-ring (bicyclic) bond motifs is 1. The lowest BCUT2D eigenvalue weighted by atomic mass is 9.91. The van der Waals surface area contributed by atoms with E-state index in [0.29, 0.717) is 13.2 Å². The summed E-state index contributed by atoms with van der Waals surface area (Å²) in [6, 6.07) is 4.74. The summed E-state index contributed by atoms with van der Waals surface area (Å²) in [5.74, 6) is 0. The first-order chi connectivity index (χ1) is 10.1. The predicted molar refractivity (Wildman–Crippen MR) is 74.8 cm³/mol. The van der Waals surface area contributed by atoms with E-state index < -0.39 is 10.0 Å². The first kappa shape index (κ1) is 14.4. The monoisotopic (exact) mass is 307 g/mol. The lowest BCUT2D eigenvalue weighted by Gasteiger charge is -2.42.